The van der Waals surface area contributed by atoms with E-state index in [2.05, 4.69) is 16.9 Å². The standard InChI is InChI=1S/C14H17N3O/c1-9-12(6-5-7-15-9)8-13-10(2)16-11(3)14(18)17(13)4/h5-8,11,16H,2H2,1,3-4H3/b13-8-. The van der Waals surface area contributed by atoms with Crippen molar-refractivity contribution in [2.24, 2.45) is 0 Å². The third kappa shape index (κ3) is 2.14. The van der Waals surface area contributed by atoms with Gasteiger partial charge in [0, 0.05) is 18.9 Å². The van der Waals surface area contributed by atoms with Gasteiger partial charge in [-0.2, -0.15) is 0 Å². The van der Waals surface area contributed by atoms with Crippen molar-refractivity contribution in [3.8, 4) is 0 Å². The first-order chi connectivity index (χ1) is 8.50. The summed E-state index contributed by atoms with van der Waals surface area (Å²) in [7, 11) is 1.77. The maximum Gasteiger partial charge on any atom is 0.248 e. The van der Waals surface area contributed by atoms with E-state index >= 15 is 0 Å². The quantitative estimate of drug-likeness (QED) is 0.816. The Labute approximate surface area is 107 Å². The molecule has 4 heteroatoms. The van der Waals surface area contributed by atoms with Crippen molar-refractivity contribution in [3.05, 3.63) is 47.6 Å². The number of carbonyl (C=O) groups excluding carboxylic acids is 1. The van der Waals surface area contributed by atoms with Crippen molar-refractivity contribution in [1.29, 1.82) is 0 Å². The van der Waals surface area contributed by atoms with E-state index in [0.717, 1.165) is 22.7 Å². The van der Waals surface area contributed by atoms with E-state index in [-0.39, 0.29) is 11.9 Å². The van der Waals surface area contributed by atoms with Crippen LogP contribution in [0.15, 0.2) is 36.3 Å². The summed E-state index contributed by atoms with van der Waals surface area (Å²) in [5, 5.41) is 3.07. The maximum atomic E-state index is 11.9. The molecule has 0 saturated carbocycles. The van der Waals surface area contributed by atoms with E-state index in [0.29, 0.717) is 0 Å². The van der Waals surface area contributed by atoms with Gasteiger partial charge in [0.1, 0.15) is 6.04 Å². The molecule has 0 aliphatic carbocycles. The van der Waals surface area contributed by atoms with Gasteiger partial charge in [-0.3, -0.25) is 9.78 Å². The van der Waals surface area contributed by atoms with E-state index in [1.54, 1.807) is 18.1 Å². The highest BCUT2D eigenvalue weighted by atomic mass is 16.2. The summed E-state index contributed by atoms with van der Waals surface area (Å²) >= 11 is 0. The van der Waals surface area contributed by atoms with Crippen molar-refractivity contribution in [1.82, 2.24) is 15.2 Å². The average Bonchev–Trinajstić information content (AvgIpc) is 2.34. The molecule has 1 N–H and O–H groups in total. The third-order valence-corrected chi connectivity index (χ3v) is 3.10. The van der Waals surface area contributed by atoms with E-state index in [4.69, 9.17) is 0 Å². The molecule has 4 nitrogen and oxygen atoms in total. The van der Waals surface area contributed by atoms with Gasteiger partial charge >= 0.3 is 0 Å². The Morgan fingerprint density at radius 3 is 2.94 bits per heavy atom. The van der Waals surface area contributed by atoms with Crippen LogP contribution in [0.5, 0.6) is 0 Å². The van der Waals surface area contributed by atoms with Crippen molar-refractivity contribution < 1.29 is 4.79 Å². The van der Waals surface area contributed by atoms with Crippen LogP contribution in [-0.2, 0) is 4.79 Å². The Balaban J connectivity index is 2.41. The average molecular weight is 243 g/mol. The Kier molecular flexibility index (Phi) is 3.19. The zero-order valence-electron chi connectivity index (χ0n) is 10.9. The summed E-state index contributed by atoms with van der Waals surface area (Å²) in [5.41, 5.74) is 3.46. The largest absolute Gasteiger partial charge is 0.373 e. The summed E-state index contributed by atoms with van der Waals surface area (Å²) in [6.45, 7) is 7.73. The number of pyridine rings is 1. The highest BCUT2D eigenvalue weighted by Gasteiger charge is 2.27. The van der Waals surface area contributed by atoms with Crippen LogP contribution >= 0.6 is 0 Å². The number of hydrogen-bond donors (Lipinski definition) is 1. The first-order valence-electron chi connectivity index (χ1n) is 5.87. The lowest BCUT2D eigenvalue weighted by Gasteiger charge is -2.33. The molecule has 1 aromatic heterocycles. The SMILES string of the molecule is C=C1NC(C)C(=O)N(C)/C1=C\c1cccnc1C. The smallest absolute Gasteiger partial charge is 0.248 e. The summed E-state index contributed by atoms with van der Waals surface area (Å²) < 4.78 is 0. The van der Waals surface area contributed by atoms with Crippen LogP contribution in [0.2, 0.25) is 0 Å². The zero-order valence-corrected chi connectivity index (χ0v) is 10.9. The number of piperazine rings is 1. The van der Waals surface area contributed by atoms with Crippen molar-refractivity contribution in [2.75, 3.05) is 7.05 Å². The van der Waals surface area contributed by atoms with Gasteiger partial charge < -0.3 is 10.2 Å². The molecule has 1 aliphatic rings. The van der Waals surface area contributed by atoms with Gasteiger partial charge in [-0.25, -0.2) is 0 Å². The van der Waals surface area contributed by atoms with Gasteiger partial charge in [-0.1, -0.05) is 12.6 Å². The van der Waals surface area contributed by atoms with Crippen LogP contribution in [-0.4, -0.2) is 28.9 Å². The monoisotopic (exact) mass is 243 g/mol. The number of aromatic nitrogens is 1. The van der Waals surface area contributed by atoms with Crippen molar-refractivity contribution in [2.45, 2.75) is 19.9 Å². The number of aryl methyl sites for hydroxylation is 1. The third-order valence-electron chi connectivity index (χ3n) is 3.10. The Morgan fingerprint density at radius 2 is 2.28 bits per heavy atom. The lowest BCUT2D eigenvalue weighted by Crippen LogP contribution is -2.48. The molecule has 1 fully saturated rings. The summed E-state index contributed by atoms with van der Waals surface area (Å²) in [6, 6.07) is 3.62. The fourth-order valence-electron chi connectivity index (χ4n) is 1.99. The van der Waals surface area contributed by atoms with E-state index in [1.807, 2.05) is 32.1 Å². The van der Waals surface area contributed by atoms with Gasteiger partial charge in [0.15, 0.2) is 0 Å². The molecule has 1 saturated heterocycles. The Bertz CT molecular complexity index is 534. The second-order valence-corrected chi connectivity index (χ2v) is 4.45. The Morgan fingerprint density at radius 1 is 1.56 bits per heavy atom. The predicted molar refractivity (Wildman–Crippen MR) is 71.5 cm³/mol. The van der Waals surface area contributed by atoms with Gasteiger partial charge in [-0.15, -0.1) is 0 Å². The van der Waals surface area contributed by atoms with E-state index in [1.165, 1.54) is 0 Å². The lowest BCUT2D eigenvalue weighted by molar-refractivity contribution is -0.130. The fraction of sp³-hybridized carbons (Fsp3) is 0.286. The Hall–Kier alpha value is -2.10. The molecule has 2 rings (SSSR count). The van der Waals surface area contributed by atoms with Crippen LogP contribution in [0.3, 0.4) is 0 Å². The molecular formula is C14H17N3O. The van der Waals surface area contributed by atoms with Gasteiger partial charge in [-0.05, 0) is 31.6 Å². The molecule has 1 amide bonds. The highest BCUT2D eigenvalue weighted by molar-refractivity contribution is 5.87. The second-order valence-electron chi connectivity index (χ2n) is 4.45. The molecule has 0 aromatic carbocycles. The molecular weight excluding hydrogens is 226 g/mol. The van der Waals surface area contributed by atoms with Crippen molar-refractivity contribution >= 4 is 12.0 Å². The van der Waals surface area contributed by atoms with Gasteiger partial charge in [0.2, 0.25) is 5.91 Å². The number of likely N-dealkylation sites (N-methyl/N-ethyl adjacent to an activating group) is 1. The van der Waals surface area contributed by atoms with Crippen LogP contribution in [0, 0.1) is 6.92 Å². The predicted octanol–water partition coefficient (Wildman–Crippen LogP) is 1.69. The van der Waals surface area contributed by atoms with Crippen LogP contribution in [0.25, 0.3) is 6.08 Å². The molecule has 1 unspecified atom stereocenters. The molecule has 1 aromatic rings. The molecule has 94 valence electrons. The molecule has 1 aliphatic heterocycles. The minimum absolute atomic E-state index is 0.0372. The topological polar surface area (TPSA) is 45.2 Å². The van der Waals surface area contributed by atoms with Crippen LogP contribution in [0.1, 0.15) is 18.2 Å². The number of nitrogens with one attached hydrogen (secondary N) is 1. The summed E-state index contributed by atoms with van der Waals surface area (Å²) in [6.07, 6.45) is 3.68. The summed E-state index contributed by atoms with van der Waals surface area (Å²) in [5.74, 6) is 0.0372. The van der Waals surface area contributed by atoms with Gasteiger partial charge in [0.25, 0.3) is 0 Å². The highest BCUT2D eigenvalue weighted by Crippen LogP contribution is 2.21. The lowest BCUT2D eigenvalue weighted by atomic mass is 10.1. The number of carbonyl (C=O) groups is 1. The van der Waals surface area contributed by atoms with Gasteiger partial charge in [0.05, 0.1) is 11.4 Å². The second kappa shape index (κ2) is 4.64. The van der Waals surface area contributed by atoms with Crippen LogP contribution in [0.4, 0.5) is 0 Å². The molecule has 0 bridgehead atoms. The normalized spacial score (nSPS) is 22.3. The van der Waals surface area contributed by atoms with Crippen molar-refractivity contribution in [3.63, 3.8) is 0 Å². The number of rotatable bonds is 1. The molecule has 0 spiro atoms. The zero-order chi connectivity index (χ0) is 13.3. The first kappa shape index (κ1) is 12.4. The summed E-state index contributed by atoms with van der Waals surface area (Å²) in [4.78, 5) is 17.8. The first-order valence-corrected chi connectivity index (χ1v) is 5.87. The molecule has 1 atom stereocenters. The van der Waals surface area contributed by atoms with E-state index in [9.17, 15) is 4.79 Å². The maximum absolute atomic E-state index is 11.9. The molecule has 18 heavy (non-hydrogen) atoms. The van der Waals surface area contributed by atoms with E-state index < -0.39 is 0 Å². The van der Waals surface area contributed by atoms with Crippen LogP contribution < -0.4 is 5.32 Å². The fourth-order valence-corrected chi connectivity index (χ4v) is 1.99. The molecule has 0 radical (unpaired) electrons. The minimum atomic E-state index is -0.227. The number of hydrogen-bond acceptors (Lipinski definition) is 3. The molecule has 2 heterocycles. The number of amides is 1. The minimum Gasteiger partial charge on any atom is -0.373 e. The number of nitrogens with zero attached hydrogens (tertiary/aromatic N) is 2.